The van der Waals surface area contributed by atoms with Gasteiger partial charge in [-0.3, -0.25) is 9.59 Å². The van der Waals surface area contributed by atoms with Gasteiger partial charge in [0.2, 0.25) is 11.8 Å². The van der Waals surface area contributed by atoms with Gasteiger partial charge in [-0.05, 0) is 66.1 Å². The van der Waals surface area contributed by atoms with Crippen LogP contribution >= 0.6 is 0 Å². The van der Waals surface area contributed by atoms with Crippen LogP contribution in [0.4, 0.5) is 36.2 Å². The third kappa shape index (κ3) is 9.50. The van der Waals surface area contributed by atoms with E-state index < -0.39 is 12.1 Å². The molecule has 0 radical (unpaired) electrons. The van der Waals surface area contributed by atoms with E-state index in [1.54, 1.807) is 48.5 Å². The number of aryl methyl sites for hydroxylation is 1. The van der Waals surface area contributed by atoms with E-state index in [9.17, 15) is 22.8 Å². The number of nitrogen functional groups attached to an aromatic ring is 1. The maximum absolute atomic E-state index is 12.7. The first-order valence-corrected chi connectivity index (χ1v) is 15.1. The van der Waals surface area contributed by atoms with Crippen molar-refractivity contribution in [3.63, 3.8) is 0 Å². The number of amides is 2. The average Bonchev–Trinajstić information content (AvgIpc) is 3.50. The van der Waals surface area contributed by atoms with Crippen molar-refractivity contribution in [2.75, 3.05) is 31.3 Å². The summed E-state index contributed by atoms with van der Waals surface area (Å²) in [6.45, 7) is 0.202. The van der Waals surface area contributed by atoms with Crippen LogP contribution in [0.2, 0.25) is 0 Å². The molecular weight excluding hydrogens is 641 g/mol. The Bertz CT molecular complexity index is 1930. The number of benzene rings is 3. The lowest BCUT2D eigenvalue weighted by atomic mass is 10.1. The number of carbonyl (C=O) groups excluding carboxylic acids is 2. The van der Waals surface area contributed by atoms with E-state index in [1.807, 2.05) is 48.6 Å². The topological polar surface area (TPSA) is 176 Å². The Morgan fingerprint density at radius 1 is 0.878 bits per heavy atom. The Morgan fingerprint density at radius 3 is 2.14 bits per heavy atom. The van der Waals surface area contributed by atoms with E-state index in [0.29, 0.717) is 58.8 Å². The first-order chi connectivity index (χ1) is 23.4. The molecule has 2 amide bonds. The van der Waals surface area contributed by atoms with E-state index >= 15 is 0 Å². The summed E-state index contributed by atoms with van der Waals surface area (Å²) in [5.74, 6) is -1.49. The van der Waals surface area contributed by atoms with E-state index in [4.69, 9.17) is 10.5 Å². The zero-order chi connectivity index (χ0) is 35.0. The predicted molar refractivity (Wildman–Crippen MR) is 177 cm³/mol. The van der Waals surface area contributed by atoms with Crippen LogP contribution < -0.4 is 26.0 Å². The summed E-state index contributed by atoms with van der Waals surface area (Å²) in [5, 5.41) is 13.2. The van der Waals surface area contributed by atoms with Gasteiger partial charge in [0.1, 0.15) is 12.4 Å². The molecule has 0 fully saturated rings. The number of carbonyl (C=O) groups is 2. The molecule has 0 atom stereocenters. The number of halogens is 3. The number of anilines is 2. The number of rotatable bonds is 13. The van der Waals surface area contributed by atoms with Crippen molar-refractivity contribution in [2.45, 2.75) is 32.2 Å². The smallest absolute Gasteiger partial charge is 0.471 e. The quantitative estimate of drug-likeness (QED) is 0.0930. The fourth-order valence-electron chi connectivity index (χ4n) is 4.52. The van der Waals surface area contributed by atoms with Gasteiger partial charge in [-0.25, -0.2) is 4.98 Å². The van der Waals surface area contributed by atoms with Gasteiger partial charge in [0.15, 0.2) is 11.2 Å². The van der Waals surface area contributed by atoms with Crippen molar-refractivity contribution >= 4 is 46.0 Å². The second-order valence-electron chi connectivity index (χ2n) is 11.1. The van der Waals surface area contributed by atoms with Gasteiger partial charge in [0.05, 0.1) is 11.4 Å². The van der Waals surface area contributed by atoms with Crippen molar-refractivity contribution in [3.8, 4) is 5.88 Å². The minimum Gasteiger partial charge on any atom is -0.471 e. The normalized spacial score (nSPS) is 11.5. The summed E-state index contributed by atoms with van der Waals surface area (Å²) >= 11 is 0. The molecule has 49 heavy (non-hydrogen) atoms. The molecule has 16 heteroatoms. The molecule has 0 saturated carbocycles. The second kappa shape index (κ2) is 15.2. The predicted octanol–water partition coefficient (Wildman–Crippen LogP) is 5.54. The van der Waals surface area contributed by atoms with Crippen molar-refractivity contribution < 1.29 is 27.5 Å². The zero-order valence-electron chi connectivity index (χ0n) is 26.6. The Kier molecular flexibility index (Phi) is 10.7. The van der Waals surface area contributed by atoms with Gasteiger partial charge in [-0.1, -0.05) is 24.3 Å². The number of ether oxygens (including phenoxy) is 1. The minimum absolute atomic E-state index is 0.0214. The fourth-order valence-corrected chi connectivity index (χ4v) is 4.52. The van der Waals surface area contributed by atoms with Gasteiger partial charge >= 0.3 is 12.1 Å². The molecule has 0 aliphatic carbocycles. The summed E-state index contributed by atoms with van der Waals surface area (Å²) in [6, 6.07) is 21.0. The van der Waals surface area contributed by atoms with E-state index in [-0.39, 0.29) is 30.9 Å². The largest absolute Gasteiger partial charge is 0.471 e. The van der Waals surface area contributed by atoms with Crippen LogP contribution in [0.1, 0.15) is 33.7 Å². The van der Waals surface area contributed by atoms with Gasteiger partial charge < -0.3 is 31.0 Å². The van der Waals surface area contributed by atoms with E-state index in [1.165, 1.54) is 0 Å². The van der Waals surface area contributed by atoms with Gasteiger partial charge in [0.25, 0.3) is 5.91 Å². The Hall–Kier alpha value is -6.06. The number of nitrogens with zero attached hydrogens (tertiary/aromatic N) is 6. The number of aromatic nitrogens is 4. The number of aromatic amines is 1. The van der Waals surface area contributed by atoms with E-state index in [2.05, 4.69) is 35.5 Å². The minimum atomic E-state index is -4.94. The summed E-state index contributed by atoms with van der Waals surface area (Å²) in [5.41, 5.74) is 10.7. The average molecular weight is 675 g/mol. The highest BCUT2D eigenvalue weighted by molar-refractivity contribution is 5.94. The first kappa shape index (κ1) is 34.3. The Balaban J connectivity index is 1.09. The van der Waals surface area contributed by atoms with Gasteiger partial charge in [-0.2, -0.15) is 33.4 Å². The van der Waals surface area contributed by atoms with Crippen LogP contribution in [-0.2, 0) is 24.4 Å². The fraction of sp³-hybridized carbons (Fsp3) is 0.242. The van der Waals surface area contributed by atoms with Crippen LogP contribution in [0.5, 0.6) is 5.88 Å². The highest BCUT2D eigenvalue weighted by atomic mass is 19.4. The summed E-state index contributed by atoms with van der Waals surface area (Å²) < 4.78 is 43.0. The SMILES string of the molecule is CN(C)c1ccc(N=Nc2ccc(C(=O)NCCCc3nc4c(OCc5ccc(CNC(=O)C(F)(F)F)cc5)nc(N)nc4[nH]3)cc2)cc1. The second-order valence-corrected chi connectivity index (χ2v) is 11.1. The number of H-pyrrole nitrogens is 1. The number of alkyl halides is 3. The lowest BCUT2D eigenvalue weighted by molar-refractivity contribution is -0.173. The maximum atomic E-state index is 12.7. The monoisotopic (exact) mass is 674 g/mol. The Morgan fingerprint density at radius 2 is 1.51 bits per heavy atom. The lowest BCUT2D eigenvalue weighted by Crippen LogP contribution is -2.36. The molecular formula is C33H33F3N10O3. The standard InChI is InChI=1S/C33H33F3N10O3/c1-46(2)25-15-13-24(14-16-25)45-44-23-11-9-22(10-12-23)29(47)38-17-3-4-26-40-27-28(41-26)42-32(37)43-30(27)49-19-21-7-5-20(6-8-21)18-39-31(48)33(34,35)36/h5-16H,3-4,17-19H2,1-2H3,(H,38,47)(H,39,48)(H3,37,40,41,42,43). The summed E-state index contributed by atoms with van der Waals surface area (Å²) in [6.07, 6.45) is -3.86. The zero-order valence-corrected chi connectivity index (χ0v) is 26.6. The summed E-state index contributed by atoms with van der Waals surface area (Å²) in [7, 11) is 3.93. The number of fused-ring (bicyclic) bond motifs is 1. The number of imidazole rings is 1. The molecule has 0 aliphatic heterocycles. The highest BCUT2D eigenvalue weighted by Gasteiger charge is 2.38. The highest BCUT2D eigenvalue weighted by Crippen LogP contribution is 2.24. The molecule has 0 spiro atoms. The maximum Gasteiger partial charge on any atom is 0.471 e. The molecule has 5 aromatic rings. The molecule has 13 nitrogen and oxygen atoms in total. The third-order valence-electron chi connectivity index (χ3n) is 7.14. The van der Waals surface area contributed by atoms with Crippen molar-refractivity contribution in [2.24, 2.45) is 10.2 Å². The molecule has 2 heterocycles. The number of nitrogens with one attached hydrogen (secondary N) is 3. The number of hydrogen-bond donors (Lipinski definition) is 4. The molecule has 0 bridgehead atoms. The number of nitrogens with two attached hydrogens (primary N) is 1. The third-order valence-corrected chi connectivity index (χ3v) is 7.14. The number of azo groups is 1. The van der Waals surface area contributed by atoms with Gasteiger partial charge in [0, 0.05) is 44.9 Å². The molecule has 0 saturated heterocycles. The molecule has 2 aromatic heterocycles. The molecule has 0 aliphatic rings. The van der Waals surface area contributed by atoms with Crippen molar-refractivity contribution in [3.05, 3.63) is 95.3 Å². The first-order valence-electron chi connectivity index (χ1n) is 15.1. The van der Waals surface area contributed by atoms with Crippen LogP contribution in [0.15, 0.2) is 83.0 Å². The van der Waals surface area contributed by atoms with Crippen molar-refractivity contribution in [1.82, 2.24) is 30.6 Å². The van der Waals surface area contributed by atoms with Crippen LogP contribution in [-0.4, -0.2) is 58.6 Å². The number of hydrogen-bond acceptors (Lipinski definition) is 10. The lowest BCUT2D eigenvalue weighted by Gasteiger charge is -2.11. The molecule has 5 rings (SSSR count). The van der Waals surface area contributed by atoms with Crippen molar-refractivity contribution in [1.29, 1.82) is 0 Å². The van der Waals surface area contributed by atoms with E-state index in [0.717, 1.165) is 11.4 Å². The molecule has 5 N–H and O–H groups in total. The van der Waals surface area contributed by atoms with Gasteiger partial charge in [-0.15, -0.1) is 0 Å². The van der Waals surface area contributed by atoms with Crippen LogP contribution in [0.25, 0.3) is 11.2 Å². The van der Waals surface area contributed by atoms with Crippen LogP contribution in [0, 0.1) is 0 Å². The van der Waals surface area contributed by atoms with Crippen LogP contribution in [0.3, 0.4) is 0 Å². The Labute approximate surface area is 278 Å². The molecule has 3 aromatic carbocycles. The molecule has 0 unspecified atom stereocenters. The molecule has 254 valence electrons. The summed E-state index contributed by atoms with van der Waals surface area (Å²) in [4.78, 5) is 41.7.